The van der Waals surface area contributed by atoms with Crippen molar-refractivity contribution in [3.63, 3.8) is 0 Å². The molecule has 2 N–H and O–H groups in total. The van der Waals surface area contributed by atoms with Crippen molar-refractivity contribution < 1.29 is 9.47 Å². The van der Waals surface area contributed by atoms with Crippen LogP contribution in [0.2, 0.25) is 0 Å². The summed E-state index contributed by atoms with van der Waals surface area (Å²) in [6.07, 6.45) is 7.63. The molecular weight excluding hydrogens is 302 g/mol. The standard InChI is InChI=1S/C19H31N3O2/c1-20-19(21-12-7-13-23-2)22-15-16-8-6-11-18(14-16)24-17-9-4-3-5-10-17/h6,8,11,14,17H,3-5,7,9-10,12-13,15H2,1-2H3,(H2,20,21,22). The van der Waals surface area contributed by atoms with Gasteiger partial charge in [-0.1, -0.05) is 18.6 Å². The summed E-state index contributed by atoms with van der Waals surface area (Å²) in [6, 6.07) is 8.35. The Bertz CT molecular complexity index is 499. The van der Waals surface area contributed by atoms with Crippen molar-refractivity contribution in [2.75, 3.05) is 27.3 Å². The maximum absolute atomic E-state index is 6.13. The Morgan fingerprint density at radius 3 is 2.79 bits per heavy atom. The van der Waals surface area contributed by atoms with Crippen LogP contribution in [-0.4, -0.2) is 39.4 Å². The second-order valence-electron chi connectivity index (χ2n) is 6.22. The van der Waals surface area contributed by atoms with Crippen LogP contribution < -0.4 is 15.4 Å². The van der Waals surface area contributed by atoms with E-state index in [0.29, 0.717) is 6.10 Å². The zero-order valence-corrected chi connectivity index (χ0v) is 15.0. The maximum Gasteiger partial charge on any atom is 0.191 e. The van der Waals surface area contributed by atoms with Crippen molar-refractivity contribution in [3.05, 3.63) is 29.8 Å². The predicted molar refractivity (Wildman–Crippen MR) is 98.6 cm³/mol. The van der Waals surface area contributed by atoms with Gasteiger partial charge in [-0.3, -0.25) is 4.99 Å². The van der Waals surface area contributed by atoms with Gasteiger partial charge in [-0.25, -0.2) is 0 Å². The molecule has 1 aliphatic carbocycles. The first-order chi connectivity index (χ1) is 11.8. The highest BCUT2D eigenvalue weighted by Crippen LogP contribution is 2.23. The van der Waals surface area contributed by atoms with E-state index in [2.05, 4.69) is 39.9 Å². The largest absolute Gasteiger partial charge is 0.490 e. The lowest BCUT2D eigenvalue weighted by Gasteiger charge is -2.23. The quantitative estimate of drug-likeness (QED) is 0.436. The molecule has 0 amide bonds. The molecule has 1 aliphatic rings. The average molecular weight is 333 g/mol. The normalized spacial score (nSPS) is 16.0. The van der Waals surface area contributed by atoms with Crippen LogP contribution in [0.15, 0.2) is 29.3 Å². The van der Waals surface area contributed by atoms with Gasteiger partial charge in [0.25, 0.3) is 0 Å². The van der Waals surface area contributed by atoms with Crippen molar-refractivity contribution in [2.24, 2.45) is 4.99 Å². The van der Waals surface area contributed by atoms with Gasteiger partial charge in [-0.15, -0.1) is 0 Å². The van der Waals surface area contributed by atoms with Crippen LogP contribution in [0.25, 0.3) is 0 Å². The highest BCUT2D eigenvalue weighted by Gasteiger charge is 2.14. The minimum Gasteiger partial charge on any atom is -0.490 e. The minimum atomic E-state index is 0.386. The van der Waals surface area contributed by atoms with E-state index >= 15 is 0 Å². The third kappa shape index (κ3) is 6.79. The van der Waals surface area contributed by atoms with E-state index in [1.54, 1.807) is 14.2 Å². The highest BCUT2D eigenvalue weighted by atomic mass is 16.5. The van der Waals surface area contributed by atoms with E-state index in [0.717, 1.165) is 37.8 Å². The molecular formula is C19H31N3O2. The Labute approximate surface area is 145 Å². The fraction of sp³-hybridized carbons (Fsp3) is 0.632. The van der Waals surface area contributed by atoms with Gasteiger partial charge in [-0.2, -0.15) is 0 Å². The van der Waals surface area contributed by atoms with Crippen molar-refractivity contribution >= 4 is 5.96 Å². The Hall–Kier alpha value is -1.75. The Balaban J connectivity index is 1.78. The second-order valence-corrected chi connectivity index (χ2v) is 6.22. The van der Waals surface area contributed by atoms with Crippen molar-refractivity contribution in [1.82, 2.24) is 10.6 Å². The molecule has 0 aromatic heterocycles. The fourth-order valence-corrected chi connectivity index (χ4v) is 2.93. The SMILES string of the molecule is CN=C(NCCCOC)NCc1cccc(OC2CCCCC2)c1. The van der Waals surface area contributed by atoms with E-state index in [-0.39, 0.29) is 0 Å². The summed E-state index contributed by atoms with van der Waals surface area (Å²) in [5, 5.41) is 6.62. The molecule has 1 fully saturated rings. The molecule has 1 aromatic rings. The number of aliphatic imine (C=N–C) groups is 1. The first-order valence-corrected chi connectivity index (χ1v) is 9.01. The number of benzene rings is 1. The van der Waals surface area contributed by atoms with Gasteiger partial charge in [0.2, 0.25) is 0 Å². The second kappa shape index (κ2) is 10.9. The molecule has 5 nitrogen and oxygen atoms in total. The first-order valence-electron chi connectivity index (χ1n) is 9.01. The molecule has 0 atom stereocenters. The summed E-state index contributed by atoms with van der Waals surface area (Å²) in [6.45, 7) is 2.33. The molecule has 0 unspecified atom stereocenters. The van der Waals surface area contributed by atoms with E-state index in [4.69, 9.17) is 9.47 Å². The van der Waals surface area contributed by atoms with Crippen molar-refractivity contribution in [1.29, 1.82) is 0 Å². The molecule has 0 bridgehead atoms. The molecule has 0 radical (unpaired) electrons. The number of nitrogens with zero attached hydrogens (tertiary/aromatic N) is 1. The third-order valence-corrected chi connectivity index (χ3v) is 4.25. The van der Waals surface area contributed by atoms with E-state index < -0.39 is 0 Å². The van der Waals surface area contributed by atoms with Crippen LogP contribution in [0.1, 0.15) is 44.1 Å². The lowest BCUT2D eigenvalue weighted by Crippen LogP contribution is -2.37. The number of methoxy groups -OCH3 is 1. The van der Waals surface area contributed by atoms with E-state index in [9.17, 15) is 0 Å². The predicted octanol–water partition coefficient (Wildman–Crippen LogP) is 3.10. The molecule has 0 aliphatic heterocycles. The summed E-state index contributed by atoms with van der Waals surface area (Å²) < 4.78 is 11.2. The van der Waals surface area contributed by atoms with Gasteiger partial charge >= 0.3 is 0 Å². The van der Waals surface area contributed by atoms with E-state index in [1.165, 1.54) is 37.7 Å². The van der Waals surface area contributed by atoms with Gasteiger partial charge in [0.15, 0.2) is 5.96 Å². The maximum atomic E-state index is 6.13. The fourth-order valence-electron chi connectivity index (χ4n) is 2.93. The van der Waals surface area contributed by atoms with Gasteiger partial charge < -0.3 is 20.1 Å². The Kier molecular flexibility index (Phi) is 8.46. The summed E-state index contributed by atoms with van der Waals surface area (Å²) in [5.74, 6) is 1.79. The Morgan fingerprint density at radius 1 is 1.21 bits per heavy atom. The Morgan fingerprint density at radius 2 is 2.04 bits per heavy atom. The number of hydrogen-bond acceptors (Lipinski definition) is 3. The van der Waals surface area contributed by atoms with E-state index in [1.807, 2.05) is 0 Å². The lowest BCUT2D eigenvalue weighted by atomic mass is 9.98. The van der Waals surface area contributed by atoms with Crippen LogP contribution in [0.4, 0.5) is 0 Å². The van der Waals surface area contributed by atoms with Gasteiger partial charge in [0.05, 0.1) is 6.10 Å². The molecule has 0 saturated heterocycles. The molecule has 2 rings (SSSR count). The number of hydrogen-bond donors (Lipinski definition) is 2. The molecule has 0 spiro atoms. The summed E-state index contributed by atoms with van der Waals surface area (Å²) in [4.78, 5) is 4.24. The number of nitrogens with one attached hydrogen (secondary N) is 2. The highest BCUT2D eigenvalue weighted by molar-refractivity contribution is 5.79. The summed E-state index contributed by atoms with van der Waals surface area (Å²) in [7, 11) is 3.50. The third-order valence-electron chi connectivity index (χ3n) is 4.25. The molecule has 24 heavy (non-hydrogen) atoms. The van der Waals surface area contributed by atoms with Crippen LogP contribution in [0.5, 0.6) is 5.75 Å². The lowest BCUT2D eigenvalue weighted by molar-refractivity contribution is 0.155. The first kappa shape index (κ1) is 18.6. The number of rotatable bonds is 8. The zero-order chi connectivity index (χ0) is 17.0. The molecule has 1 aromatic carbocycles. The molecule has 5 heteroatoms. The van der Waals surface area contributed by atoms with Gasteiger partial charge in [0, 0.05) is 33.9 Å². The topological polar surface area (TPSA) is 54.9 Å². The van der Waals surface area contributed by atoms with Crippen molar-refractivity contribution in [3.8, 4) is 5.75 Å². The van der Waals surface area contributed by atoms with Crippen LogP contribution in [-0.2, 0) is 11.3 Å². The van der Waals surface area contributed by atoms with Crippen LogP contribution in [0.3, 0.4) is 0 Å². The molecule has 1 saturated carbocycles. The monoisotopic (exact) mass is 333 g/mol. The zero-order valence-electron chi connectivity index (χ0n) is 15.0. The van der Waals surface area contributed by atoms with Crippen LogP contribution >= 0.6 is 0 Å². The summed E-state index contributed by atoms with van der Waals surface area (Å²) >= 11 is 0. The van der Waals surface area contributed by atoms with Gasteiger partial charge in [-0.05, 0) is 49.8 Å². The number of ether oxygens (including phenoxy) is 2. The van der Waals surface area contributed by atoms with Crippen molar-refractivity contribution in [2.45, 2.75) is 51.2 Å². The van der Waals surface area contributed by atoms with Gasteiger partial charge in [0.1, 0.15) is 5.75 Å². The molecule has 0 heterocycles. The number of guanidine groups is 1. The van der Waals surface area contributed by atoms with Crippen LogP contribution in [0, 0.1) is 0 Å². The molecule has 134 valence electrons. The summed E-state index contributed by atoms with van der Waals surface area (Å²) in [5.41, 5.74) is 1.20. The minimum absolute atomic E-state index is 0.386. The smallest absolute Gasteiger partial charge is 0.191 e. The average Bonchev–Trinajstić information content (AvgIpc) is 2.62.